The van der Waals surface area contributed by atoms with E-state index >= 15 is 0 Å². The van der Waals surface area contributed by atoms with Gasteiger partial charge in [0, 0.05) is 6.54 Å². The van der Waals surface area contributed by atoms with E-state index < -0.39 is 0 Å². The van der Waals surface area contributed by atoms with Crippen LogP contribution in [0.3, 0.4) is 0 Å². The second-order valence-corrected chi connectivity index (χ2v) is 3.20. The lowest BCUT2D eigenvalue weighted by atomic mass is 10.4. The van der Waals surface area contributed by atoms with Crippen LogP contribution in [0.2, 0.25) is 5.28 Å². The third-order valence-corrected chi connectivity index (χ3v) is 1.72. The Morgan fingerprint density at radius 3 is 2.60 bits per heavy atom. The zero-order valence-corrected chi connectivity index (χ0v) is 9.58. The van der Waals surface area contributed by atoms with Gasteiger partial charge >= 0.3 is 12.0 Å². The molecule has 0 aromatic carbocycles. The molecule has 1 rings (SSSR count). The lowest BCUT2D eigenvalue weighted by Gasteiger charge is -2.12. The summed E-state index contributed by atoms with van der Waals surface area (Å²) >= 11 is 5.65. The van der Waals surface area contributed by atoms with Crippen molar-refractivity contribution >= 4 is 11.6 Å². The molecule has 1 atom stereocenters. The smallest absolute Gasteiger partial charge is 0.324 e. The van der Waals surface area contributed by atoms with E-state index in [-0.39, 0.29) is 23.4 Å². The molecule has 0 aliphatic heterocycles. The standard InChI is InChI=1S/C8H13ClN4O2/c1-5(4-10-2)15-8-12-6(9)11-7(13-8)14-3/h5,10H,4H2,1-3H3. The summed E-state index contributed by atoms with van der Waals surface area (Å²) in [6.45, 7) is 2.58. The van der Waals surface area contributed by atoms with Gasteiger partial charge in [0.25, 0.3) is 0 Å². The number of likely N-dealkylation sites (N-methyl/N-ethyl adjacent to an activating group) is 1. The van der Waals surface area contributed by atoms with E-state index in [2.05, 4.69) is 20.3 Å². The number of aromatic nitrogens is 3. The summed E-state index contributed by atoms with van der Waals surface area (Å²) in [6, 6.07) is 0.302. The van der Waals surface area contributed by atoms with Crippen LogP contribution in [0.4, 0.5) is 0 Å². The summed E-state index contributed by atoms with van der Waals surface area (Å²) in [5.41, 5.74) is 0. The predicted molar refractivity (Wildman–Crippen MR) is 55.4 cm³/mol. The molecule has 0 saturated carbocycles. The molecule has 0 aliphatic carbocycles. The Labute approximate surface area is 93.0 Å². The van der Waals surface area contributed by atoms with Gasteiger partial charge in [0.1, 0.15) is 6.10 Å². The summed E-state index contributed by atoms with van der Waals surface area (Å²) < 4.78 is 10.2. The van der Waals surface area contributed by atoms with Crippen molar-refractivity contribution in [2.75, 3.05) is 20.7 Å². The van der Waals surface area contributed by atoms with Crippen molar-refractivity contribution in [2.45, 2.75) is 13.0 Å². The zero-order chi connectivity index (χ0) is 11.3. The van der Waals surface area contributed by atoms with Crippen LogP contribution in [-0.2, 0) is 0 Å². The van der Waals surface area contributed by atoms with Gasteiger partial charge in [0.2, 0.25) is 5.28 Å². The molecule has 0 radical (unpaired) electrons. The average Bonchev–Trinajstić information content (AvgIpc) is 2.17. The van der Waals surface area contributed by atoms with E-state index in [1.54, 1.807) is 0 Å². The molecule has 1 aromatic rings. The van der Waals surface area contributed by atoms with E-state index in [4.69, 9.17) is 21.1 Å². The van der Waals surface area contributed by atoms with Crippen LogP contribution in [0.15, 0.2) is 0 Å². The lowest BCUT2D eigenvalue weighted by molar-refractivity contribution is 0.198. The summed E-state index contributed by atoms with van der Waals surface area (Å²) in [7, 11) is 3.29. The normalized spacial score (nSPS) is 12.3. The topological polar surface area (TPSA) is 69.2 Å². The zero-order valence-electron chi connectivity index (χ0n) is 8.82. The minimum Gasteiger partial charge on any atom is -0.467 e. The summed E-state index contributed by atoms with van der Waals surface area (Å²) in [5, 5.41) is 3.02. The van der Waals surface area contributed by atoms with E-state index in [9.17, 15) is 0 Å². The monoisotopic (exact) mass is 232 g/mol. The van der Waals surface area contributed by atoms with Crippen LogP contribution in [0.5, 0.6) is 12.0 Å². The Balaban J connectivity index is 2.71. The van der Waals surface area contributed by atoms with Gasteiger partial charge in [0.15, 0.2) is 0 Å². The molecule has 1 N–H and O–H groups in total. The Morgan fingerprint density at radius 2 is 2.00 bits per heavy atom. The maximum absolute atomic E-state index is 5.65. The van der Waals surface area contributed by atoms with E-state index in [1.165, 1.54) is 7.11 Å². The Hall–Kier alpha value is -1.14. The number of halogens is 1. The molecular formula is C8H13ClN4O2. The molecule has 15 heavy (non-hydrogen) atoms. The first-order valence-electron chi connectivity index (χ1n) is 4.42. The molecule has 0 fully saturated rings. The molecule has 0 amide bonds. The molecular weight excluding hydrogens is 220 g/mol. The third kappa shape index (κ3) is 3.85. The van der Waals surface area contributed by atoms with Gasteiger partial charge in [-0.1, -0.05) is 0 Å². The Kier molecular flexibility index (Phi) is 4.51. The highest BCUT2D eigenvalue weighted by molar-refractivity contribution is 6.28. The van der Waals surface area contributed by atoms with Crippen molar-refractivity contribution in [1.29, 1.82) is 0 Å². The SMILES string of the molecule is CNCC(C)Oc1nc(Cl)nc(OC)n1. The Morgan fingerprint density at radius 1 is 1.33 bits per heavy atom. The molecule has 6 nitrogen and oxygen atoms in total. The highest BCUT2D eigenvalue weighted by Gasteiger charge is 2.09. The van der Waals surface area contributed by atoms with Gasteiger partial charge in [0.05, 0.1) is 7.11 Å². The number of rotatable bonds is 5. The van der Waals surface area contributed by atoms with E-state index in [1.807, 2.05) is 14.0 Å². The van der Waals surface area contributed by atoms with Gasteiger partial charge in [-0.25, -0.2) is 0 Å². The van der Waals surface area contributed by atoms with Gasteiger partial charge in [-0.15, -0.1) is 4.98 Å². The molecule has 7 heteroatoms. The highest BCUT2D eigenvalue weighted by Crippen LogP contribution is 2.13. The van der Waals surface area contributed by atoms with Crippen molar-refractivity contribution in [3.05, 3.63) is 5.28 Å². The first-order valence-corrected chi connectivity index (χ1v) is 4.80. The maximum Gasteiger partial charge on any atom is 0.324 e. The molecule has 0 bridgehead atoms. The van der Waals surface area contributed by atoms with Crippen molar-refractivity contribution in [3.8, 4) is 12.0 Å². The van der Waals surface area contributed by atoms with Crippen molar-refractivity contribution in [2.24, 2.45) is 0 Å². The molecule has 0 spiro atoms. The van der Waals surface area contributed by atoms with E-state index in [0.717, 1.165) is 0 Å². The molecule has 1 aromatic heterocycles. The van der Waals surface area contributed by atoms with Crippen molar-refractivity contribution in [1.82, 2.24) is 20.3 Å². The first kappa shape index (κ1) is 11.9. The molecule has 1 unspecified atom stereocenters. The van der Waals surface area contributed by atoms with Gasteiger partial charge in [-0.2, -0.15) is 9.97 Å². The largest absolute Gasteiger partial charge is 0.467 e. The fourth-order valence-electron chi connectivity index (χ4n) is 0.968. The predicted octanol–water partition coefficient (Wildman–Crippen LogP) is 0.520. The van der Waals surface area contributed by atoms with Gasteiger partial charge in [-0.05, 0) is 25.6 Å². The molecule has 84 valence electrons. The fraction of sp³-hybridized carbons (Fsp3) is 0.625. The minimum absolute atomic E-state index is 0.0495. The molecule has 0 aliphatic rings. The van der Waals surface area contributed by atoms with E-state index in [0.29, 0.717) is 6.54 Å². The van der Waals surface area contributed by atoms with Crippen LogP contribution in [0.1, 0.15) is 6.92 Å². The number of hydrogen-bond donors (Lipinski definition) is 1. The number of ether oxygens (including phenoxy) is 2. The minimum atomic E-state index is -0.0572. The second-order valence-electron chi connectivity index (χ2n) is 2.86. The second kappa shape index (κ2) is 5.67. The first-order chi connectivity index (χ1) is 7.15. The van der Waals surface area contributed by atoms with Crippen molar-refractivity contribution in [3.63, 3.8) is 0 Å². The summed E-state index contributed by atoms with van der Waals surface area (Å²) in [5.74, 6) is 0. The number of nitrogens with one attached hydrogen (secondary N) is 1. The number of nitrogens with zero attached hydrogens (tertiary/aromatic N) is 3. The maximum atomic E-state index is 5.65. The number of hydrogen-bond acceptors (Lipinski definition) is 6. The van der Waals surface area contributed by atoms with Crippen LogP contribution < -0.4 is 14.8 Å². The Bertz CT molecular complexity index is 324. The number of methoxy groups -OCH3 is 1. The lowest BCUT2D eigenvalue weighted by Crippen LogP contribution is -2.26. The van der Waals surface area contributed by atoms with Crippen LogP contribution in [-0.4, -0.2) is 41.8 Å². The molecule has 0 saturated heterocycles. The average molecular weight is 233 g/mol. The third-order valence-electron chi connectivity index (χ3n) is 1.55. The van der Waals surface area contributed by atoms with Gasteiger partial charge in [-0.3, -0.25) is 0 Å². The highest BCUT2D eigenvalue weighted by atomic mass is 35.5. The van der Waals surface area contributed by atoms with Crippen LogP contribution in [0, 0.1) is 0 Å². The van der Waals surface area contributed by atoms with Gasteiger partial charge < -0.3 is 14.8 Å². The van der Waals surface area contributed by atoms with Crippen LogP contribution >= 0.6 is 11.6 Å². The fourth-order valence-corrected chi connectivity index (χ4v) is 1.11. The quantitative estimate of drug-likeness (QED) is 0.798. The summed E-state index contributed by atoms with van der Waals surface area (Å²) in [4.78, 5) is 11.4. The van der Waals surface area contributed by atoms with Crippen molar-refractivity contribution < 1.29 is 9.47 Å². The molecule has 1 heterocycles. The van der Waals surface area contributed by atoms with Crippen LogP contribution in [0.25, 0.3) is 0 Å². The summed E-state index contributed by atoms with van der Waals surface area (Å²) in [6.07, 6.45) is -0.0572.